The summed E-state index contributed by atoms with van der Waals surface area (Å²) < 4.78 is 5.03. The van der Waals surface area contributed by atoms with E-state index in [0.717, 1.165) is 11.3 Å². The van der Waals surface area contributed by atoms with Crippen molar-refractivity contribution in [3.05, 3.63) is 64.9 Å². The second-order valence-corrected chi connectivity index (χ2v) is 6.43. The molecule has 8 heteroatoms. The summed E-state index contributed by atoms with van der Waals surface area (Å²) in [5.41, 5.74) is 9.46. The SMILES string of the molecule is CCOC(=O)c1cccc(Nc2ncnc(Nc3cc(Cl)ccc3C)c2N)c1. The van der Waals surface area contributed by atoms with Crippen LogP contribution in [-0.4, -0.2) is 22.5 Å². The van der Waals surface area contributed by atoms with Crippen LogP contribution in [0, 0.1) is 6.92 Å². The highest BCUT2D eigenvalue weighted by Crippen LogP contribution is 2.30. The lowest BCUT2D eigenvalue weighted by molar-refractivity contribution is 0.0526. The molecule has 0 saturated carbocycles. The quantitative estimate of drug-likeness (QED) is 0.518. The molecule has 0 saturated heterocycles. The van der Waals surface area contributed by atoms with Crippen molar-refractivity contribution < 1.29 is 9.53 Å². The summed E-state index contributed by atoms with van der Waals surface area (Å²) in [5.74, 6) is 0.475. The Morgan fingerprint density at radius 3 is 2.64 bits per heavy atom. The van der Waals surface area contributed by atoms with Crippen molar-refractivity contribution in [1.29, 1.82) is 0 Å². The zero-order chi connectivity index (χ0) is 20.1. The number of nitrogens with one attached hydrogen (secondary N) is 2. The normalized spacial score (nSPS) is 10.4. The van der Waals surface area contributed by atoms with Crippen molar-refractivity contribution in [2.75, 3.05) is 23.0 Å². The van der Waals surface area contributed by atoms with Crippen molar-refractivity contribution in [3.63, 3.8) is 0 Å². The minimum atomic E-state index is -0.388. The first-order chi connectivity index (χ1) is 13.5. The van der Waals surface area contributed by atoms with Gasteiger partial charge in [0, 0.05) is 16.4 Å². The summed E-state index contributed by atoms with van der Waals surface area (Å²) >= 11 is 6.07. The predicted molar refractivity (Wildman–Crippen MR) is 112 cm³/mol. The van der Waals surface area contributed by atoms with Gasteiger partial charge in [-0.3, -0.25) is 0 Å². The smallest absolute Gasteiger partial charge is 0.338 e. The van der Waals surface area contributed by atoms with Gasteiger partial charge in [-0.15, -0.1) is 0 Å². The van der Waals surface area contributed by atoms with Crippen LogP contribution in [0.5, 0.6) is 0 Å². The molecule has 0 radical (unpaired) electrons. The molecule has 3 rings (SSSR count). The van der Waals surface area contributed by atoms with Crippen LogP contribution in [0.15, 0.2) is 48.8 Å². The van der Waals surface area contributed by atoms with Gasteiger partial charge in [0.2, 0.25) is 0 Å². The number of nitrogens with zero attached hydrogens (tertiary/aromatic N) is 2. The van der Waals surface area contributed by atoms with E-state index in [-0.39, 0.29) is 5.97 Å². The van der Waals surface area contributed by atoms with Crippen molar-refractivity contribution in [2.45, 2.75) is 13.8 Å². The van der Waals surface area contributed by atoms with E-state index in [0.29, 0.717) is 40.2 Å². The Morgan fingerprint density at radius 2 is 1.89 bits per heavy atom. The molecule has 3 aromatic rings. The molecule has 0 unspecified atom stereocenters. The van der Waals surface area contributed by atoms with Gasteiger partial charge in [0.05, 0.1) is 12.2 Å². The third kappa shape index (κ3) is 4.50. The number of hydrogen-bond donors (Lipinski definition) is 3. The van der Waals surface area contributed by atoms with Crippen LogP contribution in [-0.2, 0) is 4.74 Å². The molecule has 0 amide bonds. The lowest BCUT2D eigenvalue weighted by Crippen LogP contribution is -2.07. The minimum Gasteiger partial charge on any atom is -0.462 e. The average molecular weight is 398 g/mol. The van der Waals surface area contributed by atoms with Crippen LogP contribution in [0.4, 0.5) is 28.7 Å². The molecule has 7 nitrogen and oxygen atoms in total. The zero-order valence-electron chi connectivity index (χ0n) is 15.5. The monoisotopic (exact) mass is 397 g/mol. The van der Waals surface area contributed by atoms with Gasteiger partial charge in [0.25, 0.3) is 0 Å². The Morgan fingerprint density at radius 1 is 1.14 bits per heavy atom. The number of nitrogens with two attached hydrogens (primary N) is 1. The predicted octanol–water partition coefficient (Wildman–Crippen LogP) is 4.68. The van der Waals surface area contributed by atoms with Crippen molar-refractivity contribution in [2.24, 2.45) is 0 Å². The van der Waals surface area contributed by atoms with E-state index >= 15 is 0 Å². The minimum absolute atomic E-state index is 0.313. The summed E-state index contributed by atoms with van der Waals surface area (Å²) in [4.78, 5) is 20.3. The van der Waals surface area contributed by atoms with Gasteiger partial charge in [-0.1, -0.05) is 23.7 Å². The molecule has 0 spiro atoms. The Bertz CT molecular complexity index is 1010. The van der Waals surface area contributed by atoms with Crippen LogP contribution >= 0.6 is 11.6 Å². The fraction of sp³-hybridized carbons (Fsp3) is 0.150. The molecule has 0 fully saturated rings. The highest BCUT2D eigenvalue weighted by Gasteiger charge is 2.12. The van der Waals surface area contributed by atoms with Gasteiger partial charge in [-0.2, -0.15) is 0 Å². The first-order valence-corrected chi connectivity index (χ1v) is 9.03. The van der Waals surface area contributed by atoms with Crippen molar-refractivity contribution in [3.8, 4) is 0 Å². The summed E-state index contributed by atoms with van der Waals surface area (Å²) in [6.45, 7) is 4.03. The molecule has 144 valence electrons. The van der Waals surface area contributed by atoms with Crippen LogP contribution < -0.4 is 16.4 Å². The standard InChI is InChI=1S/C20H20ClN5O2/c1-3-28-20(27)13-5-4-6-15(9-13)25-18-17(22)19(24-11-23-18)26-16-10-14(21)8-7-12(16)2/h4-11H,3,22H2,1-2H3,(H2,23,24,25,26). The lowest BCUT2D eigenvalue weighted by Gasteiger charge is -2.14. The van der Waals surface area contributed by atoms with Gasteiger partial charge in [-0.05, 0) is 49.7 Å². The third-order valence-electron chi connectivity index (χ3n) is 3.97. The molecule has 0 aliphatic carbocycles. The molecule has 4 N–H and O–H groups in total. The number of carbonyl (C=O) groups is 1. The number of esters is 1. The number of carbonyl (C=O) groups excluding carboxylic acids is 1. The maximum absolute atomic E-state index is 11.9. The highest BCUT2D eigenvalue weighted by molar-refractivity contribution is 6.30. The Hall–Kier alpha value is -3.32. The summed E-state index contributed by atoms with van der Waals surface area (Å²) in [5, 5.41) is 6.90. The Kier molecular flexibility index (Phi) is 5.96. The van der Waals surface area contributed by atoms with Gasteiger partial charge >= 0.3 is 5.97 Å². The van der Waals surface area contributed by atoms with E-state index < -0.39 is 0 Å². The molecule has 0 aliphatic heterocycles. The van der Waals surface area contributed by atoms with E-state index in [1.54, 1.807) is 37.3 Å². The molecule has 1 heterocycles. The second-order valence-electron chi connectivity index (χ2n) is 6.00. The van der Waals surface area contributed by atoms with Crippen LogP contribution in [0.2, 0.25) is 5.02 Å². The van der Waals surface area contributed by atoms with E-state index in [9.17, 15) is 4.79 Å². The van der Waals surface area contributed by atoms with Gasteiger partial charge in [-0.25, -0.2) is 14.8 Å². The fourth-order valence-electron chi connectivity index (χ4n) is 2.53. The second kappa shape index (κ2) is 8.58. The molecule has 2 aromatic carbocycles. The molecular formula is C20H20ClN5O2. The van der Waals surface area contributed by atoms with E-state index in [1.165, 1.54) is 6.33 Å². The Balaban J connectivity index is 1.85. The van der Waals surface area contributed by atoms with Gasteiger partial charge in [0.15, 0.2) is 11.6 Å². The molecule has 0 aliphatic rings. The number of aryl methyl sites for hydroxylation is 1. The molecule has 0 bridgehead atoms. The molecule has 0 atom stereocenters. The van der Waals surface area contributed by atoms with Crippen molar-refractivity contribution >= 4 is 46.3 Å². The maximum atomic E-state index is 11.9. The van der Waals surface area contributed by atoms with Gasteiger partial charge < -0.3 is 21.1 Å². The summed E-state index contributed by atoms with van der Waals surface area (Å²) in [6.07, 6.45) is 1.40. The van der Waals surface area contributed by atoms with E-state index in [4.69, 9.17) is 22.1 Å². The summed E-state index contributed by atoms with van der Waals surface area (Å²) in [7, 11) is 0. The Labute approximate surface area is 167 Å². The highest BCUT2D eigenvalue weighted by atomic mass is 35.5. The number of rotatable bonds is 6. The first-order valence-electron chi connectivity index (χ1n) is 8.65. The zero-order valence-corrected chi connectivity index (χ0v) is 16.2. The maximum Gasteiger partial charge on any atom is 0.338 e. The fourth-order valence-corrected chi connectivity index (χ4v) is 2.70. The van der Waals surface area contributed by atoms with Crippen molar-refractivity contribution in [1.82, 2.24) is 9.97 Å². The number of ether oxygens (including phenoxy) is 1. The molecule has 28 heavy (non-hydrogen) atoms. The van der Waals surface area contributed by atoms with Gasteiger partial charge in [0.1, 0.15) is 12.0 Å². The van der Waals surface area contributed by atoms with Crippen LogP contribution in [0.25, 0.3) is 0 Å². The largest absolute Gasteiger partial charge is 0.462 e. The number of halogens is 1. The number of anilines is 5. The number of hydrogen-bond acceptors (Lipinski definition) is 7. The first kappa shape index (κ1) is 19.4. The summed E-state index contributed by atoms with van der Waals surface area (Å²) in [6, 6.07) is 12.4. The lowest BCUT2D eigenvalue weighted by atomic mass is 10.2. The number of aromatic nitrogens is 2. The average Bonchev–Trinajstić information content (AvgIpc) is 2.68. The number of nitrogen functional groups attached to an aromatic ring is 1. The van der Waals surface area contributed by atoms with Crippen LogP contribution in [0.3, 0.4) is 0 Å². The molecule has 1 aromatic heterocycles. The number of benzene rings is 2. The topological polar surface area (TPSA) is 102 Å². The third-order valence-corrected chi connectivity index (χ3v) is 4.21. The van der Waals surface area contributed by atoms with Crippen LogP contribution in [0.1, 0.15) is 22.8 Å². The van der Waals surface area contributed by atoms with E-state index in [1.807, 2.05) is 19.1 Å². The van der Waals surface area contributed by atoms with E-state index in [2.05, 4.69) is 20.6 Å². The molecular weight excluding hydrogens is 378 g/mol.